The Morgan fingerprint density at radius 3 is 2.26 bits per heavy atom. The Morgan fingerprint density at radius 2 is 1.71 bits per heavy atom. The molecule has 1 heterocycles. The van der Waals surface area contributed by atoms with E-state index in [1.807, 2.05) is 44.1 Å². The van der Waals surface area contributed by atoms with Gasteiger partial charge in [-0.3, -0.25) is 4.79 Å². The van der Waals surface area contributed by atoms with Gasteiger partial charge in [0.15, 0.2) is 5.78 Å². The summed E-state index contributed by atoms with van der Waals surface area (Å²) in [6, 6.07) is 8.29. The first kappa shape index (κ1) is 31.2. The molecule has 0 atom stereocenters. The maximum Gasteiger partial charge on any atom is 0.412 e. The molecule has 0 amide bonds. The van der Waals surface area contributed by atoms with Crippen molar-refractivity contribution in [2.24, 2.45) is 10.8 Å². The standard InChI is InChI=1S/C32H43F3N2O/c1-23(10-11-25(3)36(9)18-16-30(5,6)21-24(2)32(33,34)35)20-27-12-14-28(15-13-27)37-19-17-31(7,8)29(22-37)26(4)38/h10-15,22H,1-3,16-21H2,4-9H3/b11-10-. The van der Waals surface area contributed by atoms with Crippen molar-refractivity contribution in [2.45, 2.75) is 66.5 Å². The number of alkyl halides is 3. The molecule has 2 rings (SSSR count). The third kappa shape index (κ3) is 9.07. The zero-order valence-electron chi connectivity index (χ0n) is 23.8. The average molecular weight is 529 g/mol. The first-order valence-electron chi connectivity index (χ1n) is 13.0. The van der Waals surface area contributed by atoms with Gasteiger partial charge in [0.1, 0.15) is 0 Å². The van der Waals surface area contributed by atoms with Gasteiger partial charge in [0.25, 0.3) is 0 Å². The minimum absolute atomic E-state index is 0.0911. The number of benzene rings is 1. The monoisotopic (exact) mass is 528 g/mol. The molecule has 208 valence electrons. The van der Waals surface area contributed by atoms with Gasteiger partial charge in [-0.15, -0.1) is 0 Å². The van der Waals surface area contributed by atoms with E-state index in [2.05, 4.69) is 62.7 Å². The van der Waals surface area contributed by atoms with E-state index in [9.17, 15) is 18.0 Å². The second-order valence-corrected chi connectivity index (χ2v) is 11.9. The predicted octanol–water partition coefficient (Wildman–Crippen LogP) is 8.42. The lowest BCUT2D eigenvalue weighted by molar-refractivity contribution is -0.114. The Morgan fingerprint density at radius 1 is 1.11 bits per heavy atom. The van der Waals surface area contributed by atoms with Gasteiger partial charge in [0, 0.05) is 48.9 Å². The van der Waals surface area contributed by atoms with Crippen molar-refractivity contribution in [1.29, 1.82) is 0 Å². The average Bonchev–Trinajstić information content (AvgIpc) is 2.80. The lowest BCUT2D eigenvalue weighted by Gasteiger charge is -2.36. The number of nitrogens with zero attached hydrogens (tertiary/aromatic N) is 2. The summed E-state index contributed by atoms with van der Waals surface area (Å²) < 4.78 is 38.6. The van der Waals surface area contributed by atoms with Crippen LogP contribution in [0.25, 0.3) is 0 Å². The molecule has 1 aromatic rings. The molecule has 6 heteroatoms. The van der Waals surface area contributed by atoms with E-state index in [4.69, 9.17) is 0 Å². The van der Waals surface area contributed by atoms with Crippen LogP contribution >= 0.6 is 0 Å². The zero-order valence-corrected chi connectivity index (χ0v) is 23.8. The van der Waals surface area contributed by atoms with E-state index in [1.54, 1.807) is 6.92 Å². The van der Waals surface area contributed by atoms with Gasteiger partial charge in [-0.05, 0) is 67.2 Å². The zero-order chi connectivity index (χ0) is 28.9. The molecule has 0 unspecified atom stereocenters. The summed E-state index contributed by atoms with van der Waals surface area (Å²) >= 11 is 0. The molecule has 1 aliphatic heterocycles. The second kappa shape index (κ2) is 12.2. The first-order chi connectivity index (χ1) is 17.4. The number of hydrogen-bond donors (Lipinski definition) is 0. The molecule has 1 aliphatic rings. The van der Waals surface area contributed by atoms with Crippen molar-refractivity contribution in [1.82, 2.24) is 4.90 Å². The predicted molar refractivity (Wildman–Crippen MR) is 153 cm³/mol. The third-order valence-electron chi connectivity index (χ3n) is 7.29. The lowest BCUT2D eigenvalue weighted by Crippen LogP contribution is -2.34. The molecule has 0 fully saturated rings. The van der Waals surface area contributed by atoms with E-state index in [1.165, 1.54) is 0 Å². The van der Waals surface area contributed by atoms with Gasteiger partial charge in [0.05, 0.1) is 0 Å². The van der Waals surface area contributed by atoms with Crippen LogP contribution in [0.3, 0.4) is 0 Å². The van der Waals surface area contributed by atoms with Crippen molar-refractivity contribution in [2.75, 3.05) is 25.0 Å². The van der Waals surface area contributed by atoms with Crippen LogP contribution in [0.4, 0.5) is 18.9 Å². The summed E-state index contributed by atoms with van der Waals surface area (Å²) in [4.78, 5) is 16.2. The third-order valence-corrected chi connectivity index (χ3v) is 7.29. The number of Topliss-reactive ketones (excluding diaryl/α,β-unsaturated/α-hetero) is 1. The van der Waals surface area contributed by atoms with Crippen molar-refractivity contribution < 1.29 is 18.0 Å². The summed E-state index contributed by atoms with van der Waals surface area (Å²) in [5.41, 5.74) is 3.41. The highest BCUT2D eigenvalue weighted by molar-refractivity contribution is 5.95. The number of halogens is 3. The Bertz CT molecular complexity index is 1100. The van der Waals surface area contributed by atoms with Gasteiger partial charge in [-0.2, -0.15) is 13.2 Å². The largest absolute Gasteiger partial charge is 0.412 e. The summed E-state index contributed by atoms with van der Waals surface area (Å²) in [5, 5.41) is 0. The van der Waals surface area contributed by atoms with Crippen molar-refractivity contribution in [3.8, 4) is 0 Å². The minimum atomic E-state index is -4.35. The van der Waals surface area contributed by atoms with Crippen LogP contribution in [0.2, 0.25) is 0 Å². The van der Waals surface area contributed by atoms with E-state index >= 15 is 0 Å². The van der Waals surface area contributed by atoms with Crippen LogP contribution in [0.5, 0.6) is 0 Å². The number of allylic oxidation sites excluding steroid dienone is 5. The summed E-state index contributed by atoms with van der Waals surface area (Å²) in [7, 11) is 1.89. The van der Waals surface area contributed by atoms with Gasteiger partial charge >= 0.3 is 6.18 Å². The smallest absolute Gasteiger partial charge is 0.375 e. The highest BCUT2D eigenvalue weighted by Gasteiger charge is 2.35. The van der Waals surface area contributed by atoms with Gasteiger partial charge in [-0.1, -0.05) is 71.2 Å². The Balaban J connectivity index is 1.90. The Hall–Kier alpha value is -3.02. The number of hydrogen-bond acceptors (Lipinski definition) is 3. The summed E-state index contributed by atoms with van der Waals surface area (Å²) in [5.74, 6) is 0.114. The highest BCUT2D eigenvalue weighted by atomic mass is 19.4. The number of anilines is 1. The van der Waals surface area contributed by atoms with E-state index in [0.717, 1.165) is 41.1 Å². The lowest BCUT2D eigenvalue weighted by atomic mass is 9.77. The van der Waals surface area contributed by atoms with Crippen LogP contribution in [0, 0.1) is 10.8 Å². The molecule has 0 spiro atoms. The van der Waals surface area contributed by atoms with E-state index < -0.39 is 17.2 Å². The number of ketones is 1. The molecule has 0 aromatic heterocycles. The molecule has 0 aliphatic carbocycles. The maximum atomic E-state index is 12.9. The Labute approximate surface area is 227 Å². The van der Waals surface area contributed by atoms with Gasteiger partial charge in [-0.25, -0.2) is 0 Å². The fourth-order valence-corrected chi connectivity index (χ4v) is 4.55. The molecule has 1 aromatic carbocycles. The van der Waals surface area contributed by atoms with Gasteiger partial charge in [0.2, 0.25) is 0 Å². The summed E-state index contributed by atoms with van der Waals surface area (Å²) in [6.07, 6.45) is 3.54. The van der Waals surface area contributed by atoms with Crippen molar-refractivity contribution in [3.05, 3.63) is 90.3 Å². The normalized spacial score (nSPS) is 15.8. The molecule has 0 saturated carbocycles. The molecular formula is C32H43F3N2O. The molecule has 3 nitrogen and oxygen atoms in total. The molecule has 38 heavy (non-hydrogen) atoms. The fraction of sp³-hybridized carbons (Fsp3) is 0.469. The van der Waals surface area contributed by atoms with Crippen LogP contribution in [0.1, 0.15) is 59.4 Å². The SMILES string of the molecule is C=C(/C=C\C(=C)N(C)CCC(C)(C)CC(=C)C(F)(F)F)Cc1ccc(N2C=C(C(C)=O)C(C)(C)CC2)cc1. The van der Waals surface area contributed by atoms with Crippen LogP contribution in [-0.2, 0) is 11.2 Å². The number of carbonyl (C=O) groups excluding carboxylic acids is 1. The molecular weight excluding hydrogens is 485 g/mol. The van der Waals surface area contributed by atoms with Crippen LogP contribution in [0.15, 0.2) is 84.8 Å². The minimum Gasteiger partial charge on any atom is -0.375 e. The maximum absolute atomic E-state index is 12.9. The van der Waals surface area contributed by atoms with Crippen LogP contribution < -0.4 is 4.90 Å². The van der Waals surface area contributed by atoms with Crippen molar-refractivity contribution in [3.63, 3.8) is 0 Å². The van der Waals surface area contributed by atoms with E-state index in [-0.39, 0.29) is 17.6 Å². The summed E-state index contributed by atoms with van der Waals surface area (Å²) in [6.45, 7) is 22.4. The van der Waals surface area contributed by atoms with Gasteiger partial charge < -0.3 is 9.80 Å². The van der Waals surface area contributed by atoms with Crippen molar-refractivity contribution >= 4 is 11.5 Å². The number of carbonyl (C=O) groups is 1. The number of likely N-dealkylation sites (N-methyl/N-ethyl adjacent to an activating group) is 1. The molecule has 0 bridgehead atoms. The topological polar surface area (TPSA) is 23.6 Å². The molecule has 0 saturated heterocycles. The highest BCUT2D eigenvalue weighted by Crippen LogP contribution is 2.37. The molecule has 0 N–H and O–H groups in total. The van der Waals surface area contributed by atoms with Crippen LogP contribution in [-0.4, -0.2) is 37.0 Å². The van der Waals surface area contributed by atoms with E-state index in [0.29, 0.717) is 19.4 Å². The Kier molecular flexibility index (Phi) is 10.0. The first-order valence-corrected chi connectivity index (χ1v) is 13.0. The quantitative estimate of drug-likeness (QED) is 0.201. The second-order valence-electron chi connectivity index (χ2n) is 11.9. The fourth-order valence-electron chi connectivity index (χ4n) is 4.55. The number of rotatable bonds is 12. The molecule has 0 radical (unpaired) electrons.